The Morgan fingerprint density at radius 3 is 2.31 bits per heavy atom. The Morgan fingerprint density at radius 1 is 0.923 bits per heavy atom. The average Bonchev–Trinajstić information content (AvgIpc) is 3.43. The molecule has 6 rings (SSSR count). The van der Waals surface area contributed by atoms with Crippen LogP contribution in [-0.2, 0) is 15.9 Å². The molecule has 9 heteroatoms. The molecule has 2 aromatic carbocycles. The van der Waals surface area contributed by atoms with Crippen molar-refractivity contribution >= 4 is 39.4 Å². The molecule has 0 aliphatic carbocycles. The van der Waals surface area contributed by atoms with Gasteiger partial charge in [-0.1, -0.05) is 52.3 Å². The van der Waals surface area contributed by atoms with Crippen molar-refractivity contribution in [3.63, 3.8) is 0 Å². The maximum atomic E-state index is 12.1. The smallest absolute Gasteiger partial charge is 0.399 e. The standard InChI is InChI=1S/C18H22BNO3.C12H8BrN3/c1-17(2)18(3,4)23-19(22-17)15-10-11-16(21)20(13-15)12-14-8-6-5-7-9-14;13-9-1-2-10-11(7-9)15-16-12(10)8-3-5-14-6-4-8/h5-11,13H,12H2,1-4H3;1-7H,(H,15,16). The number of H-pyrrole nitrogens is 1. The lowest BCUT2D eigenvalue weighted by Crippen LogP contribution is -2.41. The highest BCUT2D eigenvalue weighted by Gasteiger charge is 2.51. The number of fused-ring (bicyclic) bond motifs is 1. The van der Waals surface area contributed by atoms with Gasteiger partial charge in [-0.15, -0.1) is 0 Å². The van der Waals surface area contributed by atoms with E-state index >= 15 is 0 Å². The molecule has 1 aliphatic rings. The summed E-state index contributed by atoms with van der Waals surface area (Å²) >= 11 is 3.44. The summed E-state index contributed by atoms with van der Waals surface area (Å²) in [6.45, 7) is 8.62. The summed E-state index contributed by atoms with van der Waals surface area (Å²) < 4.78 is 14.9. The Bertz CT molecular complexity index is 1620. The zero-order valence-electron chi connectivity index (χ0n) is 22.4. The number of benzene rings is 2. The van der Waals surface area contributed by atoms with Gasteiger partial charge in [0.2, 0.25) is 0 Å². The minimum atomic E-state index is -0.456. The second-order valence-electron chi connectivity index (χ2n) is 10.5. The van der Waals surface area contributed by atoms with Crippen LogP contribution in [0.2, 0.25) is 0 Å². The second-order valence-corrected chi connectivity index (χ2v) is 11.4. The van der Waals surface area contributed by atoms with Crippen LogP contribution in [0.15, 0.2) is 101 Å². The molecular formula is C30H30BBrN4O3. The van der Waals surface area contributed by atoms with Gasteiger partial charge in [0, 0.05) is 40.1 Å². The topological polar surface area (TPSA) is 82.0 Å². The van der Waals surface area contributed by atoms with E-state index in [0.29, 0.717) is 6.54 Å². The van der Waals surface area contributed by atoms with Crippen LogP contribution in [0, 0.1) is 0 Å². The largest absolute Gasteiger partial charge is 0.496 e. The third-order valence-corrected chi connectivity index (χ3v) is 7.70. The average molecular weight is 585 g/mol. The van der Waals surface area contributed by atoms with Crippen LogP contribution in [0.5, 0.6) is 0 Å². The number of aromatic nitrogens is 4. The fraction of sp³-hybridized carbons (Fsp3) is 0.233. The van der Waals surface area contributed by atoms with Gasteiger partial charge in [0.05, 0.1) is 23.3 Å². The van der Waals surface area contributed by atoms with E-state index in [-0.39, 0.29) is 5.56 Å². The van der Waals surface area contributed by atoms with Crippen molar-refractivity contribution in [2.24, 2.45) is 0 Å². The lowest BCUT2D eigenvalue weighted by molar-refractivity contribution is 0.00578. The lowest BCUT2D eigenvalue weighted by Gasteiger charge is -2.32. The molecule has 1 aliphatic heterocycles. The summed E-state index contributed by atoms with van der Waals surface area (Å²) in [5, 5.41) is 8.48. The number of halogens is 1. The normalized spacial score (nSPS) is 15.7. The molecule has 0 spiro atoms. The van der Waals surface area contributed by atoms with Crippen LogP contribution in [0.4, 0.5) is 0 Å². The Labute approximate surface area is 236 Å². The number of aromatic amines is 1. The van der Waals surface area contributed by atoms with Crippen LogP contribution in [0.3, 0.4) is 0 Å². The molecule has 1 N–H and O–H groups in total. The SMILES string of the molecule is Brc1ccc2c(-c3ccncc3)n[nH]c2c1.CC1(C)OB(c2ccc(=O)n(Cc3ccccc3)c2)OC1(C)C. The third-order valence-electron chi connectivity index (χ3n) is 7.21. The molecule has 0 atom stereocenters. The molecule has 4 heterocycles. The van der Waals surface area contributed by atoms with Gasteiger partial charge in [0.25, 0.3) is 5.56 Å². The Balaban J connectivity index is 0.000000168. The Kier molecular flexibility index (Phi) is 7.58. The van der Waals surface area contributed by atoms with Gasteiger partial charge in [0.1, 0.15) is 5.69 Å². The van der Waals surface area contributed by atoms with Crippen LogP contribution >= 0.6 is 15.9 Å². The fourth-order valence-electron chi connectivity index (χ4n) is 4.29. The Morgan fingerprint density at radius 2 is 1.62 bits per heavy atom. The number of nitrogens with zero attached hydrogens (tertiary/aromatic N) is 3. The first-order chi connectivity index (χ1) is 18.6. The molecule has 0 unspecified atom stereocenters. The van der Waals surface area contributed by atoms with Crippen LogP contribution in [0.25, 0.3) is 22.2 Å². The van der Waals surface area contributed by atoms with Crippen molar-refractivity contribution in [3.8, 4) is 11.3 Å². The molecule has 7 nitrogen and oxygen atoms in total. The van der Waals surface area contributed by atoms with Gasteiger partial charge in [-0.2, -0.15) is 5.10 Å². The number of pyridine rings is 2. The molecule has 0 bridgehead atoms. The van der Waals surface area contributed by atoms with Crippen molar-refractivity contribution in [1.29, 1.82) is 0 Å². The highest BCUT2D eigenvalue weighted by molar-refractivity contribution is 9.10. The van der Waals surface area contributed by atoms with Gasteiger partial charge in [0.15, 0.2) is 0 Å². The van der Waals surface area contributed by atoms with Crippen molar-refractivity contribution in [3.05, 3.63) is 112 Å². The highest BCUT2D eigenvalue weighted by Crippen LogP contribution is 2.36. The van der Waals surface area contributed by atoms with Crippen LogP contribution in [0.1, 0.15) is 33.3 Å². The predicted molar refractivity (Wildman–Crippen MR) is 159 cm³/mol. The van der Waals surface area contributed by atoms with Crippen LogP contribution < -0.4 is 11.0 Å². The maximum Gasteiger partial charge on any atom is 0.496 e. The number of rotatable bonds is 4. The Hall–Kier alpha value is -3.53. The molecule has 39 heavy (non-hydrogen) atoms. The van der Waals surface area contributed by atoms with Crippen molar-refractivity contribution < 1.29 is 9.31 Å². The maximum absolute atomic E-state index is 12.1. The van der Waals surface area contributed by atoms with E-state index in [4.69, 9.17) is 9.31 Å². The molecule has 3 aromatic heterocycles. The molecular weight excluding hydrogens is 555 g/mol. The summed E-state index contributed by atoms with van der Waals surface area (Å²) in [6, 6.07) is 23.3. The molecule has 198 valence electrons. The third kappa shape index (κ3) is 5.90. The first kappa shape index (κ1) is 27.1. The van der Waals surface area contributed by atoms with Gasteiger partial charge < -0.3 is 13.9 Å². The number of hydrogen-bond acceptors (Lipinski definition) is 5. The van der Waals surface area contributed by atoms with Gasteiger partial charge >= 0.3 is 7.12 Å². The number of hydrogen-bond donors (Lipinski definition) is 1. The molecule has 0 saturated carbocycles. The van der Waals surface area contributed by atoms with Crippen LogP contribution in [-0.4, -0.2) is 38.1 Å². The quantitative estimate of drug-likeness (QED) is 0.279. The molecule has 1 saturated heterocycles. The van der Waals surface area contributed by atoms with E-state index in [9.17, 15) is 4.79 Å². The molecule has 1 fully saturated rings. The molecule has 0 radical (unpaired) electrons. The summed E-state index contributed by atoms with van der Waals surface area (Å²) in [4.78, 5) is 16.1. The van der Waals surface area contributed by atoms with E-state index < -0.39 is 18.3 Å². The van der Waals surface area contributed by atoms with Crippen molar-refractivity contribution in [2.75, 3.05) is 0 Å². The van der Waals surface area contributed by atoms with E-state index in [0.717, 1.165) is 37.7 Å². The minimum absolute atomic E-state index is 0.0332. The van der Waals surface area contributed by atoms with Gasteiger partial charge in [-0.05, 0) is 69.1 Å². The van der Waals surface area contributed by atoms with Crippen molar-refractivity contribution in [2.45, 2.75) is 45.4 Å². The minimum Gasteiger partial charge on any atom is -0.399 e. The predicted octanol–water partition coefficient (Wildman–Crippen LogP) is 5.58. The summed E-state index contributed by atoms with van der Waals surface area (Å²) in [5.74, 6) is 0. The summed E-state index contributed by atoms with van der Waals surface area (Å²) in [7, 11) is -0.456. The van der Waals surface area contributed by atoms with E-state index in [1.54, 1.807) is 29.1 Å². The fourth-order valence-corrected chi connectivity index (χ4v) is 4.65. The van der Waals surface area contributed by atoms with Crippen molar-refractivity contribution in [1.82, 2.24) is 19.7 Å². The van der Waals surface area contributed by atoms with E-state index in [1.807, 2.05) is 88.5 Å². The zero-order chi connectivity index (χ0) is 27.6. The first-order valence-electron chi connectivity index (χ1n) is 12.8. The van der Waals surface area contributed by atoms with E-state index in [2.05, 4.69) is 37.2 Å². The highest BCUT2D eigenvalue weighted by atomic mass is 79.9. The summed E-state index contributed by atoms with van der Waals surface area (Å²) in [5.41, 5.74) is 4.19. The first-order valence-corrected chi connectivity index (χ1v) is 13.6. The second kappa shape index (κ2) is 10.9. The van der Waals surface area contributed by atoms with Gasteiger partial charge in [-0.3, -0.25) is 14.9 Å². The molecule has 5 aromatic rings. The zero-order valence-corrected chi connectivity index (χ0v) is 24.0. The van der Waals surface area contributed by atoms with E-state index in [1.165, 1.54) is 0 Å². The lowest BCUT2D eigenvalue weighted by atomic mass is 9.80. The van der Waals surface area contributed by atoms with Gasteiger partial charge in [-0.25, -0.2) is 0 Å². The number of nitrogens with one attached hydrogen (secondary N) is 1. The molecule has 0 amide bonds. The summed E-state index contributed by atoms with van der Waals surface area (Å²) in [6.07, 6.45) is 5.38. The monoisotopic (exact) mass is 584 g/mol.